The van der Waals surface area contributed by atoms with E-state index in [1.165, 1.54) is 12.1 Å². The number of nitrogens with zero attached hydrogens (tertiary/aromatic N) is 5. The summed E-state index contributed by atoms with van der Waals surface area (Å²) in [6.45, 7) is 2.65. The first-order valence-corrected chi connectivity index (χ1v) is 7.00. The van der Waals surface area contributed by atoms with E-state index in [1.807, 2.05) is 28.1 Å². The number of hydrogen-bond donors (Lipinski definition) is 1. The number of aromatic nitrogens is 3. The SMILES string of the molecule is CC(c1nc(N)nc(N(C)C)n1)N(C)Cc1ccc(F)cc1. The third kappa shape index (κ3) is 3.88. The minimum atomic E-state index is -0.236. The predicted octanol–water partition coefficient (Wildman–Crippen LogP) is 1.85. The predicted molar refractivity (Wildman–Crippen MR) is 84.8 cm³/mol. The van der Waals surface area contributed by atoms with Crippen LogP contribution in [-0.2, 0) is 6.54 Å². The van der Waals surface area contributed by atoms with Gasteiger partial charge in [-0.05, 0) is 31.7 Å². The maximum atomic E-state index is 13.0. The molecule has 0 aliphatic rings. The van der Waals surface area contributed by atoms with Gasteiger partial charge in [-0.1, -0.05) is 12.1 Å². The summed E-state index contributed by atoms with van der Waals surface area (Å²) < 4.78 is 13.0. The van der Waals surface area contributed by atoms with Gasteiger partial charge in [-0.3, -0.25) is 4.90 Å². The van der Waals surface area contributed by atoms with Crippen LogP contribution in [0.2, 0.25) is 0 Å². The first kappa shape index (κ1) is 16.1. The Balaban J connectivity index is 2.16. The van der Waals surface area contributed by atoms with Crippen LogP contribution in [0.5, 0.6) is 0 Å². The Labute approximate surface area is 129 Å². The maximum absolute atomic E-state index is 13.0. The van der Waals surface area contributed by atoms with Gasteiger partial charge in [0.25, 0.3) is 0 Å². The van der Waals surface area contributed by atoms with Crippen LogP contribution < -0.4 is 10.6 Å². The molecule has 0 fully saturated rings. The molecule has 0 aliphatic carbocycles. The average molecular weight is 304 g/mol. The van der Waals surface area contributed by atoms with Gasteiger partial charge in [0, 0.05) is 20.6 Å². The third-order valence-corrected chi connectivity index (χ3v) is 3.44. The van der Waals surface area contributed by atoms with Crippen LogP contribution in [0.3, 0.4) is 0 Å². The first-order chi connectivity index (χ1) is 10.4. The summed E-state index contributed by atoms with van der Waals surface area (Å²) in [6.07, 6.45) is 0. The lowest BCUT2D eigenvalue weighted by molar-refractivity contribution is 0.243. The van der Waals surface area contributed by atoms with Crippen molar-refractivity contribution in [2.24, 2.45) is 0 Å². The summed E-state index contributed by atoms with van der Waals surface area (Å²) in [7, 11) is 5.67. The second-order valence-corrected chi connectivity index (χ2v) is 5.46. The van der Waals surface area contributed by atoms with Crippen molar-refractivity contribution in [1.82, 2.24) is 19.9 Å². The lowest BCUT2D eigenvalue weighted by Gasteiger charge is -2.24. The summed E-state index contributed by atoms with van der Waals surface area (Å²) in [6, 6.07) is 6.41. The summed E-state index contributed by atoms with van der Waals surface area (Å²) in [5.74, 6) is 1.11. The standard InChI is InChI=1S/C15H21FN6/c1-10(13-18-14(17)20-15(19-13)21(2)3)22(4)9-11-5-7-12(16)8-6-11/h5-8,10H,9H2,1-4H3,(H2,17,18,19,20). The Hall–Kier alpha value is -2.28. The van der Waals surface area contributed by atoms with Crippen LogP contribution in [0.1, 0.15) is 24.4 Å². The van der Waals surface area contributed by atoms with Gasteiger partial charge in [0.2, 0.25) is 11.9 Å². The van der Waals surface area contributed by atoms with E-state index < -0.39 is 0 Å². The van der Waals surface area contributed by atoms with Crippen molar-refractivity contribution in [3.05, 3.63) is 41.5 Å². The van der Waals surface area contributed by atoms with Gasteiger partial charge >= 0.3 is 0 Å². The number of hydrogen-bond acceptors (Lipinski definition) is 6. The molecule has 22 heavy (non-hydrogen) atoms. The molecule has 1 heterocycles. The zero-order chi connectivity index (χ0) is 16.3. The zero-order valence-corrected chi connectivity index (χ0v) is 13.3. The molecular formula is C15H21FN6. The topological polar surface area (TPSA) is 71.2 Å². The van der Waals surface area contributed by atoms with E-state index in [4.69, 9.17) is 5.73 Å². The zero-order valence-electron chi connectivity index (χ0n) is 13.3. The molecule has 0 aliphatic heterocycles. The molecule has 7 heteroatoms. The van der Waals surface area contributed by atoms with E-state index >= 15 is 0 Å². The molecule has 6 nitrogen and oxygen atoms in total. The van der Waals surface area contributed by atoms with E-state index in [-0.39, 0.29) is 17.8 Å². The van der Waals surface area contributed by atoms with Crippen LogP contribution >= 0.6 is 0 Å². The highest BCUT2D eigenvalue weighted by Gasteiger charge is 2.17. The third-order valence-electron chi connectivity index (χ3n) is 3.44. The van der Waals surface area contributed by atoms with Gasteiger partial charge in [-0.15, -0.1) is 0 Å². The number of halogens is 1. The Morgan fingerprint density at radius 1 is 1.09 bits per heavy atom. The molecule has 0 spiro atoms. The van der Waals surface area contributed by atoms with Crippen LogP contribution in [-0.4, -0.2) is 41.0 Å². The van der Waals surface area contributed by atoms with Gasteiger partial charge in [0.1, 0.15) is 5.82 Å². The molecule has 2 aromatic rings. The lowest BCUT2D eigenvalue weighted by atomic mass is 10.2. The molecule has 0 bridgehead atoms. The van der Waals surface area contributed by atoms with Gasteiger partial charge in [-0.25, -0.2) is 4.39 Å². The highest BCUT2D eigenvalue weighted by atomic mass is 19.1. The van der Waals surface area contributed by atoms with Gasteiger partial charge in [0.15, 0.2) is 5.82 Å². The fourth-order valence-corrected chi connectivity index (χ4v) is 2.00. The Kier molecular flexibility index (Phi) is 4.87. The van der Waals surface area contributed by atoms with E-state index in [0.29, 0.717) is 18.3 Å². The Morgan fingerprint density at radius 3 is 2.32 bits per heavy atom. The molecule has 1 aromatic carbocycles. The fraction of sp³-hybridized carbons (Fsp3) is 0.400. The van der Waals surface area contributed by atoms with E-state index in [1.54, 1.807) is 17.0 Å². The minimum Gasteiger partial charge on any atom is -0.368 e. The summed E-state index contributed by atoms with van der Waals surface area (Å²) >= 11 is 0. The van der Waals surface area contributed by atoms with E-state index in [9.17, 15) is 4.39 Å². The highest BCUT2D eigenvalue weighted by molar-refractivity contribution is 5.33. The summed E-state index contributed by atoms with van der Waals surface area (Å²) in [5.41, 5.74) is 6.77. The van der Waals surface area contributed by atoms with Gasteiger partial charge in [-0.2, -0.15) is 15.0 Å². The average Bonchev–Trinajstić information content (AvgIpc) is 2.48. The van der Waals surface area contributed by atoms with Crippen molar-refractivity contribution in [2.45, 2.75) is 19.5 Å². The van der Waals surface area contributed by atoms with Crippen LogP contribution in [0.4, 0.5) is 16.3 Å². The van der Waals surface area contributed by atoms with Crippen molar-refractivity contribution in [2.75, 3.05) is 31.8 Å². The summed E-state index contributed by atoms with van der Waals surface area (Å²) in [5, 5.41) is 0. The van der Waals surface area contributed by atoms with Crippen LogP contribution in [0.15, 0.2) is 24.3 Å². The van der Waals surface area contributed by atoms with E-state index in [0.717, 1.165) is 5.56 Å². The smallest absolute Gasteiger partial charge is 0.229 e. The normalized spacial score (nSPS) is 12.5. The molecule has 1 unspecified atom stereocenters. The molecule has 0 saturated heterocycles. The molecule has 0 radical (unpaired) electrons. The molecule has 1 aromatic heterocycles. The fourth-order valence-electron chi connectivity index (χ4n) is 2.00. The number of rotatable bonds is 5. The number of anilines is 2. The number of benzene rings is 1. The Morgan fingerprint density at radius 2 is 1.73 bits per heavy atom. The highest BCUT2D eigenvalue weighted by Crippen LogP contribution is 2.19. The second kappa shape index (κ2) is 6.65. The molecule has 0 amide bonds. The first-order valence-electron chi connectivity index (χ1n) is 7.00. The molecule has 2 N–H and O–H groups in total. The minimum absolute atomic E-state index is 0.0472. The largest absolute Gasteiger partial charge is 0.368 e. The van der Waals surface area contributed by atoms with Crippen molar-refractivity contribution >= 4 is 11.9 Å². The van der Waals surface area contributed by atoms with Crippen molar-refractivity contribution in [1.29, 1.82) is 0 Å². The van der Waals surface area contributed by atoms with Gasteiger partial charge < -0.3 is 10.6 Å². The van der Waals surface area contributed by atoms with Gasteiger partial charge in [0.05, 0.1) is 6.04 Å². The summed E-state index contributed by atoms with van der Waals surface area (Å²) in [4.78, 5) is 16.6. The van der Waals surface area contributed by atoms with E-state index in [2.05, 4.69) is 19.9 Å². The number of nitrogen functional groups attached to an aromatic ring is 1. The van der Waals surface area contributed by atoms with Crippen molar-refractivity contribution in [3.63, 3.8) is 0 Å². The molecule has 2 rings (SSSR count). The molecule has 118 valence electrons. The van der Waals surface area contributed by atoms with Crippen LogP contribution in [0.25, 0.3) is 0 Å². The maximum Gasteiger partial charge on any atom is 0.229 e. The van der Waals surface area contributed by atoms with Crippen molar-refractivity contribution in [3.8, 4) is 0 Å². The second-order valence-electron chi connectivity index (χ2n) is 5.46. The quantitative estimate of drug-likeness (QED) is 0.909. The molecule has 1 atom stereocenters. The molecular weight excluding hydrogens is 283 g/mol. The molecule has 0 saturated carbocycles. The monoisotopic (exact) mass is 304 g/mol. The van der Waals surface area contributed by atoms with Crippen LogP contribution in [0, 0.1) is 5.82 Å². The number of nitrogens with two attached hydrogens (primary N) is 1. The lowest BCUT2D eigenvalue weighted by Crippen LogP contribution is -2.25. The Bertz CT molecular complexity index is 628. The van der Waals surface area contributed by atoms with Crippen molar-refractivity contribution < 1.29 is 4.39 Å².